The van der Waals surface area contributed by atoms with Crippen molar-refractivity contribution in [3.05, 3.63) is 35.9 Å². The quantitative estimate of drug-likeness (QED) is 0.463. The Morgan fingerprint density at radius 3 is 2.61 bits per heavy atom. The smallest absolute Gasteiger partial charge is 0.309 e. The average Bonchev–Trinajstić information content (AvgIpc) is 3.47. The topological polar surface area (TPSA) is 109 Å². The fourth-order valence-electron chi connectivity index (χ4n) is 5.10. The number of cyclic esters (lactones) is 1. The van der Waals surface area contributed by atoms with Gasteiger partial charge in [0, 0.05) is 18.5 Å². The summed E-state index contributed by atoms with van der Waals surface area (Å²) in [6.45, 7) is 8.84. The molecule has 2 aliphatic heterocycles. The Bertz CT molecular complexity index is 951. The van der Waals surface area contributed by atoms with Crippen molar-refractivity contribution >= 4 is 17.8 Å². The number of aliphatic hydroxyl groups excluding tert-OH is 2. The number of aliphatic hydroxyl groups is 2. The van der Waals surface area contributed by atoms with Gasteiger partial charge in [-0.05, 0) is 50.3 Å². The molecule has 0 saturated carbocycles. The lowest BCUT2D eigenvalue weighted by molar-refractivity contribution is -0.155. The van der Waals surface area contributed by atoms with Crippen molar-refractivity contribution in [2.75, 3.05) is 0 Å². The van der Waals surface area contributed by atoms with Crippen LogP contribution in [0.25, 0.3) is 6.08 Å². The molecule has 0 radical (unpaired) electrons. The molecule has 3 heterocycles. The van der Waals surface area contributed by atoms with Gasteiger partial charge < -0.3 is 19.7 Å². The van der Waals surface area contributed by atoms with Crippen molar-refractivity contribution in [3.8, 4) is 0 Å². The highest BCUT2D eigenvalue weighted by Gasteiger charge is 2.53. The van der Waals surface area contributed by atoms with Crippen molar-refractivity contribution in [3.63, 3.8) is 0 Å². The molecular weight excluding hydrogens is 465 g/mol. The summed E-state index contributed by atoms with van der Waals surface area (Å²) in [6.07, 6.45) is 1.31. The number of hydrogen-bond acceptors (Lipinski definition) is 7. The highest BCUT2D eigenvalue weighted by Crippen LogP contribution is 2.45. The second-order valence-electron chi connectivity index (χ2n) is 11.1. The van der Waals surface area contributed by atoms with Crippen LogP contribution in [-0.4, -0.2) is 57.0 Å². The standard InChI is InChI=1S/C28H40FNO6/c1-6-19-25(33)17(2)10-9-12-28(5)23(36-28)15-21(20(29)14-18-11-7-8-13-30-18)35-24(32)16-22(31)27(3,4)26(19)34/h7-8,11,13-14,17,19,21-23,25,31,33H,6,9-10,12,15-16H2,1-5H3/b20-14-/t17-,19+,21-,22-,23?,25-,28+/m0/s1. The molecule has 0 bridgehead atoms. The number of Topliss-reactive ketones (excluding diaryl/α,β-unsaturated/α-hetero) is 1. The number of nitrogens with zero attached hydrogens (tertiary/aromatic N) is 1. The van der Waals surface area contributed by atoms with Crippen molar-refractivity contribution in [2.24, 2.45) is 17.3 Å². The Balaban J connectivity index is 1.87. The molecule has 1 aromatic rings. The van der Waals surface area contributed by atoms with E-state index in [9.17, 15) is 19.8 Å². The highest BCUT2D eigenvalue weighted by molar-refractivity contribution is 5.88. The van der Waals surface area contributed by atoms with Gasteiger partial charge in [-0.25, -0.2) is 4.39 Å². The van der Waals surface area contributed by atoms with Crippen LogP contribution < -0.4 is 0 Å². The third kappa shape index (κ3) is 6.58. The van der Waals surface area contributed by atoms with Gasteiger partial charge in [0.05, 0.1) is 41.4 Å². The number of ketones is 1. The lowest BCUT2D eigenvalue weighted by atomic mass is 9.71. The number of pyridine rings is 1. The van der Waals surface area contributed by atoms with Gasteiger partial charge in [0.25, 0.3) is 0 Å². The minimum absolute atomic E-state index is 0.128. The van der Waals surface area contributed by atoms with Crippen molar-refractivity contribution in [1.29, 1.82) is 0 Å². The maximum absolute atomic E-state index is 15.3. The van der Waals surface area contributed by atoms with E-state index in [1.165, 1.54) is 6.08 Å². The Morgan fingerprint density at radius 1 is 1.25 bits per heavy atom. The SMILES string of the molecule is CC[C@H]1C(=O)C(C)(C)[C@@H](O)CC(=O)O[C@H](/C(F)=C/c2ccccn2)CC2O[C@]2(C)CCC[C@H](C)[C@@H]1O. The van der Waals surface area contributed by atoms with E-state index in [1.807, 2.05) is 20.8 Å². The van der Waals surface area contributed by atoms with Crippen molar-refractivity contribution < 1.29 is 33.7 Å². The maximum Gasteiger partial charge on any atom is 0.309 e. The molecule has 2 fully saturated rings. The first kappa shape index (κ1) is 28.4. The highest BCUT2D eigenvalue weighted by atomic mass is 19.1. The van der Waals surface area contributed by atoms with Gasteiger partial charge >= 0.3 is 5.97 Å². The summed E-state index contributed by atoms with van der Waals surface area (Å²) < 4.78 is 26.7. The van der Waals surface area contributed by atoms with Crippen LogP contribution >= 0.6 is 0 Å². The summed E-state index contributed by atoms with van der Waals surface area (Å²) in [5.41, 5.74) is -1.38. The predicted octanol–water partition coefficient (Wildman–Crippen LogP) is 4.40. The van der Waals surface area contributed by atoms with Gasteiger partial charge in [-0.2, -0.15) is 0 Å². The molecule has 36 heavy (non-hydrogen) atoms. The van der Waals surface area contributed by atoms with E-state index in [2.05, 4.69) is 4.98 Å². The fraction of sp³-hybridized carbons (Fsp3) is 0.679. The van der Waals surface area contributed by atoms with E-state index in [-0.39, 0.29) is 24.2 Å². The van der Waals surface area contributed by atoms with E-state index in [0.29, 0.717) is 25.0 Å². The average molecular weight is 506 g/mol. The lowest BCUT2D eigenvalue weighted by Gasteiger charge is -2.35. The van der Waals surface area contributed by atoms with Crippen LogP contribution in [0.15, 0.2) is 30.2 Å². The molecular formula is C28H40FNO6. The molecule has 7 nitrogen and oxygen atoms in total. The molecule has 1 unspecified atom stereocenters. The van der Waals surface area contributed by atoms with Crippen LogP contribution in [0, 0.1) is 17.3 Å². The summed E-state index contributed by atoms with van der Waals surface area (Å²) in [4.78, 5) is 30.3. The molecule has 8 heteroatoms. The van der Waals surface area contributed by atoms with Gasteiger partial charge in [-0.15, -0.1) is 0 Å². The van der Waals surface area contributed by atoms with Gasteiger partial charge in [0.15, 0.2) is 6.10 Å². The first-order valence-electron chi connectivity index (χ1n) is 12.9. The number of carbonyl (C=O) groups excluding carboxylic acids is 2. The fourth-order valence-corrected chi connectivity index (χ4v) is 5.10. The van der Waals surface area contributed by atoms with Crippen molar-refractivity contribution in [1.82, 2.24) is 4.98 Å². The normalized spacial score (nSPS) is 36.6. The number of aromatic nitrogens is 1. The van der Waals surface area contributed by atoms with Crippen LogP contribution in [0.3, 0.4) is 0 Å². The Kier molecular flexibility index (Phi) is 9.06. The molecule has 3 rings (SSSR count). The molecule has 0 aliphatic carbocycles. The number of esters is 1. The molecule has 0 aromatic carbocycles. The van der Waals surface area contributed by atoms with Crippen LogP contribution in [0.5, 0.6) is 0 Å². The number of ether oxygens (including phenoxy) is 2. The summed E-state index contributed by atoms with van der Waals surface area (Å²) in [5.74, 6) is -2.56. The first-order valence-corrected chi connectivity index (χ1v) is 12.9. The zero-order valence-corrected chi connectivity index (χ0v) is 21.9. The van der Waals surface area contributed by atoms with Crippen LogP contribution in [0.1, 0.15) is 78.8 Å². The first-order chi connectivity index (χ1) is 16.9. The van der Waals surface area contributed by atoms with Crippen LogP contribution in [0.2, 0.25) is 0 Å². The van der Waals surface area contributed by atoms with E-state index >= 15 is 4.39 Å². The summed E-state index contributed by atoms with van der Waals surface area (Å²) >= 11 is 0. The molecule has 200 valence electrons. The number of hydrogen-bond donors (Lipinski definition) is 2. The summed E-state index contributed by atoms with van der Waals surface area (Å²) in [5, 5.41) is 21.8. The Labute approximate surface area is 213 Å². The predicted molar refractivity (Wildman–Crippen MR) is 133 cm³/mol. The minimum atomic E-state index is -1.35. The molecule has 2 saturated heterocycles. The van der Waals surface area contributed by atoms with Gasteiger partial charge in [-0.1, -0.05) is 40.2 Å². The van der Waals surface area contributed by atoms with E-state index in [1.54, 1.807) is 38.2 Å². The van der Waals surface area contributed by atoms with E-state index in [0.717, 1.165) is 6.42 Å². The monoisotopic (exact) mass is 505 g/mol. The van der Waals surface area contributed by atoms with Crippen molar-refractivity contribution in [2.45, 2.75) is 103 Å². The second-order valence-corrected chi connectivity index (χ2v) is 11.1. The molecule has 7 atom stereocenters. The summed E-state index contributed by atoms with van der Waals surface area (Å²) in [6, 6.07) is 5.10. The second kappa shape index (κ2) is 11.5. The third-order valence-corrected chi connectivity index (χ3v) is 7.95. The molecule has 2 aliphatic rings. The minimum Gasteiger partial charge on any atom is -0.455 e. The van der Waals surface area contributed by atoms with E-state index in [4.69, 9.17) is 9.47 Å². The van der Waals surface area contributed by atoms with Gasteiger partial charge in [-0.3, -0.25) is 14.6 Å². The summed E-state index contributed by atoms with van der Waals surface area (Å²) in [7, 11) is 0. The number of rotatable bonds is 3. The third-order valence-electron chi connectivity index (χ3n) is 7.95. The number of halogens is 1. The zero-order chi connectivity index (χ0) is 26.7. The van der Waals surface area contributed by atoms with E-state index < -0.39 is 53.5 Å². The van der Waals surface area contributed by atoms with Gasteiger partial charge in [0.1, 0.15) is 11.6 Å². The van der Waals surface area contributed by atoms with Gasteiger partial charge in [0.2, 0.25) is 0 Å². The number of carbonyl (C=O) groups is 2. The van der Waals surface area contributed by atoms with Crippen LogP contribution in [-0.2, 0) is 19.1 Å². The number of fused-ring (bicyclic) bond motifs is 1. The van der Waals surface area contributed by atoms with Crippen LogP contribution in [0.4, 0.5) is 4.39 Å². The Hall–Kier alpha value is -2.16. The lowest BCUT2D eigenvalue weighted by Crippen LogP contribution is -2.46. The Morgan fingerprint density at radius 2 is 1.97 bits per heavy atom. The molecule has 2 N–H and O–H groups in total. The molecule has 0 spiro atoms. The largest absolute Gasteiger partial charge is 0.455 e. The molecule has 0 amide bonds. The number of epoxide rings is 1. The zero-order valence-electron chi connectivity index (χ0n) is 21.9. The molecule has 1 aromatic heterocycles. The maximum atomic E-state index is 15.3.